The summed E-state index contributed by atoms with van der Waals surface area (Å²) < 4.78 is 6.74. The summed E-state index contributed by atoms with van der Waals surface area (Å²) >= 11 is 0. The van der Waals surface area contributed by atoms with Gasteiger partial charge in [0.1, 0.15) is 0 Å². The molecule has 0 spiro atoms. The van der Waals surface area contributed by atoms with Gasteiger partial charge in [0.25, 0.3) is 0 Å². The molecule has 0 aliphatic carbocycles. The average molecular weight is 206 g/mol. The highest BCUT2D eigenvalue weighted by molar-refractivity contribution is 5.73. The summed E-state index contributed by atoms with van der Waals surface area (Å²) in [7, 11) is 1.90. The number of rotatable bonds is 3. The monoisotopic (exact) mass is 206 g/mol. The van der Waals surface area contributed by atoms with E-state index in [0.29, 0.717) is 12.1 Å². The Kier molecular flexibility index (Phi) is 2.60. The number of nitrogens with zero attached hydrogens (tertiary/aromatic N) is 1. The third kappa shape index (κ3) is 1.68. The molecule has 1 aromatic heterocycles. The molecule has 0 unspecified atom stereocenters. The van der Waals surface area contributed by atoms with E-state index in [1.807, 2.05) is 32.2 Å². The Bertz CT molecular complexity index is 525. The van der Waals surface area contributed by atoms with Crippen LogP contribution in [-0.2, 0) is 13.1 Å². The van der Waals surface area contributed by atoms with Crippen LogP contribution in [0.5, 0.6) is 0 Å². The van der Waals surface area contributed by atoms with E-state index >= 15 is 0 Å². The second kappa shape index (κ2) is 3.90. The Balaban J connectivity index is 2.62. The minimum Gasteiger partial charge on any atom is -0.408 e. The maximum absolute atomic E-state index is 11.4. The average Bonchev–Trinajstić information content (AvgIpc) is 2.53. The lowest BCUT2D eigenvalue weighted by Crippen LogP contribution is -2.12. The van der Waals surface area contributed by atoms with Gasteiger partial charge in [-0.1, -0.05) is 6.07 Å². The topological polar surface area (TPSA) is 47.2 Å². The van der Waals surface area contributed by atoms with Crippen LogP contribution in [0.1, 0.15) is 12.5 Å². The maximum Gasteiger partial charge on any atom is 0.419 e. The lowest BCUT2D eigenvalue weighted by atomic mass is 10.2. The van der Waals surface area contributed by atoms with Gasteiger partial charge in [0.15, 0.2) is 5.58 Å². The highest BCUT2D eigenvalue weighted by Crippen LogP contribution is 2.14. The van der Waals surface area contributed by atoms with Gasteiger partial charge in [-0.25, -0.2) is 4.79 Å². The summed E-state index contributed by atoms with van der Waals surface area (Å²) in [5, 5.41) is 3.07. The van der Waals surface area contributed by atoms with Crippen LogP contribution >= 0.6 is 0 Å². The largest absolute Gasteiger partial charge is 0.419 e. The summed E-state index contributed by atoms with van der Waals surface area (Å²) in [4.78, 5) is 11.4. The number of fused-ring (bicyclic) bond motifs is 1. The van der Waals surface area contributed by atoms with Crippen molar-refractivity contribution in [2.45, 2.75) is 20.0 Å². The molecule has 1 N–H and O–H groups in total. The number of oxazole rings is 1. The first kappa shape index (κ1) is 9.98. The molecule has 0 aliphatic heterocycles. The lowest BCUT2D eigenvalue weighted by molar-refractivity contribution is 0.513. The third-order valence-electron chi connectivity index (χ3n) is 2.43. The van der Waals surface area contributed by atoms with Crippen molar-refractivity contribution in [3.63, 3.8) is 0 Å². The molecule has 15 heavy (non-hydrogen) atoms. The summed E-state index contributed by atoms with van der Waals surface area (Å²) in [5.41, 5.74) is 2.67. The fourth-order valence-electron chi connectivity index (χ4n) is 1.72. The number of benzene rings is 1. The molecule has 2 rings (SSSR count). The van der Waals surface area contributed by atoms with E-state index in [1.165, 1.54) is 0 Å². The van der Waals surface area contributed by atoms with Crippen LogP contribution < -0.4 is 11.1 Å². The molecule has 0 amide bonds. The zero-order valence-corrected chi connectivity index (χ0v) is 8.91. The van der Waals surface area contributed by atoms with Crippen LogP contribution in [0, 0.1) is 0 Å². The van der Waals surface area contributed by atoms with Crippen LogP contribution in [-0.4, -0.2) is 11.6 Å². The van der Waals surface area contributed by atoms with E-state index in [1.54, 1.807) is 4.57 Å². The number of hydrogen-bond donors (Lipinski definition) is 1. The van der Waals surface area contributed by atoms with Crippen LogP contribution in [0.15, 0.2) is 27.4 Å². The van der Waals surface area contributed by atoms with Gasteiger partial charge in [-0.3, -0.25) is 4.57 Å². The van der Waals surface area contributed by atoms with Crippen molar-refractivity contribution in [2.75, 3.05) is 7.05 Å². The van der Waals surface area contributed by atoms with Crippen molar-refractivity contribution in [1.82, 2.24) is 9.88 Å². The maximum atomic E-state index is 11.4. The predicted octanol–water partition coefficient (Wildman–Crippen LogP) is 1.33. The molecule has 0 atom stereocenters. The minimum absolute atomic E-state index is 0.283. The van der Waals surface area contributed by atoms with E-state index in [9.17, 15) is 4.79 Å². The smallest absolute Gasteiger partial charge is 0.408 e. The third-order valence-corrected chi connectivity index (χ3v) is 2.43. The fraction of sp³-hybridized carbons (Fsp3) is 0.364. The van der Waals surface area contributed by atoms with Crippen LogP contribution in [0.25, 0.3) is 11.1 Å². The first-order valence-electron chi connectivity index (χ1n) is 5.03. The zero-order valence-electron chi connectivity index (χ0n) is 8.91. The molecular formula is C11H14N2O2. The molecule has 0 bridgehead atoms. The van der Waals surface area contributed by atoms with E-state index in [0.717, 1.165) is 17.6 Å². The Morgan fingerprint density at radius 3 is 2.93 bits per heavy atom. The standard InChI is InChI=1S/C11H14N2O2/c1-3-13-9-6-8(7-12-2)4-5-10(9)15-11(13)14/h4-6,12H,3,7H2,1-2H3. The second-order valence-corrected chi connectivity index (χ2v) is 3.44. The molecule has 4 nitrogen and oxygen atoms in total. The number of aryl methyl sites for hydroxylation is 1. The predicted molar refractivity (Wildman–Crippen MR) is 58.9 cm³/mol. The van der Waals surface area contributed by atoms with Crippen molar-refractivity contribution < 1.29 is 4.42 Å². The number of hydrogen-bond acceptors (Lipinski definition) is 3. The Labute approximate surface area is 87.5 Å². The summed E-state index contributed by atoms with van der Waals surface area (Å²) in [6.07, 6.45) is 0. The number of aromatic nitrogens is 1. The van der Waals surface area contributed by atoms with Crippen molar-refractivity contribution in [2.24, 2.45) is 0 Å². The first-order valence-corrected chi connectivity index (χ1v) is 5.03. The van der Waals surface area contributed by atoms with Crippen molar-refractivity contribution in [3.05, 3.63) is 34.3 Å². The molecule has 1 heterocycles. The van der Waals surface area contributed by atoms with Gasteiger partial charge < -0.3 is 9.73 Å². The molecule has 80 valence electrons. The van der Waals surface area contributed by atoms with Gasteiger partial charge in [-0.15, -0.1) is 0 Å². The number of nitrogens with one attached hydrogen (secondary N) is 1. The van der Waals surface area contributed by atoms with Gasteiger partial charge in [0, 0.05) is 13.1 Å². The minimum atomic E-state index is -0.283. The molecule has 0 aliphatic rings. The molecule has 4 heteroatoms. The van der Waals surface area contributed by atoms with E-state index < -0.39 is 0 Å². The van der Waals surface area contributed by atoms with Gasteiger partial charge >= 0.3 is 5.76 Å². The Hall–Kier alpha value is -1.55. The molecule has 0 fully saturated rings. The highest BCUT2D eigenvalue weighted by atomic mass is 16.4. The van der Waals surface area contributed by atoms with Crippen molar-refractivity contribution in [1.29, 1.82) is 0 Å². The SMILES string of the molecule is CCn1c(=O)oc2ccc(CNC)cc21. The van der Waals surface area contributed by atoms with Gasteiger partial charge in [0.2, 0.25) is 0 Å². The van der Waals surface area contributed by atoms with Gasteiger partial charge in [0.05, 0.1) is 5.52 Å². The van der Waals surface area contributed by atoms with Gasteiger partial charge in [-0.2, -0.15) is 0 Å². The molecule has 1 aromatic carbocycles. The molecule has 0 radical (unpaired) electrons. The quantitative estimate of drug-likeness (QED) is 0.824. The van der Waals surface area contributed by atoms with E-state index in [2.05, 4.69) is 5.32 Å². The summed E-state index contributed by atoms with van der Waals surface area (Å²) in [5.74, 6) is -0.283. The normalized spacial score (nSPS) is 11.1. The highest BCUT2D eigenvalue weighted by Gasteiger charge is 2.07. The molecule has 2 aromatic rings. The van der Waals surface area contributed by atoms with Gasteiger partial charge in [-0.05, 0) is 31.7 Å². The van der Waals surface area contributed by atoms with Crippen molar-refractivity contribution in [3.8, 4) is 0 Å². The first-order chi connectivity index (χ1) is 7.26. The fourth-order valence-corrected chi connectivity index (χ4v) is 1.72. The van der Waals surface area contributed by atoms with E-state index in [4.69, 9.17) is 4.42 Å². The second-order valence-electron chi connectivity index (χ2n) is 3.44. The lowest BCUT2D eigenvalue weighted by Gasteiger charge is -2.00. The summed E-state index contributed by atoms with van der Waals surface area (Å²) in [6, 6.07) is 5.79. The van der Waals surface area contributed by atoms with Crippen molar-refractivity contribution >= 4 is 11.1 Å². The Morgan fingerprint density at radius 1 is 1.47 bits per heavy atom. The Morgan fingerprint density at radius 2 is 2.27 bits per heavy atom. The van der Waals surface area contributed by atoms with Crippen LogP contribution in [0.3, 0.4) is 0 Å². The molecule has 0 saturated carbocycles. The summed E-state index contributed by atoms with van der Waals surface area (Å²) in [6.45, 7) is 3.36. The zero-order chi connectivity index (χ0) is 10.8. The van der Waals surface area contributed by atoms with Crippen LogP contribution in [0.2, 0.25) is 0 Å². The van der Waals surface area contributed by atoms with E-state index in [-0.39, 0.29) is 5.76 Å². The molecule has 0 saturated heterocycles. The van der Waals surface area contributed by atoms with Crippen LogP contribution in [0.4, 0.5) is 0 Å². The molecular weight excluding hydrogens is 192 g/mol.